The van der Waals surface area contributed by atoms with Gasteiger partial charge in [-0.25, -0.2) is 0 Å². The highest BCUT2D eigenvalue weighted by molar-refractivity contribution is 5.17. The summed E-state index contributed by atoms with van der Waals surface area (Å²) in [5.41, 5.74) is 1.10. The number of rotatable bonds is 3. The van der Waals surface area contributed by atoms with Crippen molar-refractivity contribution >= 4 is 0 Å². The van der Waals surface area contributed by atoms with Crippen LogP contribution in [0.2, 0.25) is 0 Å². The summed E-state index contributed by atoms with van der Waals surface area (Å²) in [6.07, 6.45) is -1.06. The van der Waals surface area contributed by atoms with Gasteiger partial charge in [0.2, 0.25) is 0 Å². The van der Waals surface area contributed by atoms with E-state index in [2.05, 4.69) is 5.32 Å². The Labute approximate surface area is 94.5 Å². The van der Waals surface area contributed by atoms with Gasteiger partial charge in [0.25, 0.3) is 0 Å². The molecule has 1 aliphatic heterocycles. The van der Waals surface area contributed by atoms with Crippen LogP contribution in [0.15, 0.2) is 30.3 Å². The Bertz CT molecular complexity index is 330. The molecule has 0 bridgehead atoms. The van der Waals surface area contributed by atoms with Gasteiger partial charge < -0.3 is 20.6 Å². The quantitative estimate of drug-likeness (QED) is 0.546. The predicted molar refractivity (Wildman–Crippen MR) is 60.0 cm³/mol. The van der Waals surface area contributed by atoms with E-state index in [4.69, 9.17) is 5.11 Å². The topological polar surface area (TPSA) is 72.7 Å². The first-order chi connectivity index (χ1) is 7.72. The smallest absolute Gasteiger partial charge is 0.0989 e. The van der Waals surface area contributed by atoms with Crippen LogP contribution in [0.5, 0.6) is 0 Å². The molecule has 2 rings (SSSR count). The van der Waals surface area contributed by atoms with Gasteiger partial charge in [-0.15, -0.1) is 0 Å². The summed E-state index contributed by atoms with van der Waals surface area (Å²) >= 11 is 0. The predicted octanol–water partition coefficient (Wildman–Crippen LogP) is -0.716. The zero-order chi connectivity index (χ0) is 11.5. The van der Waals surface area contributed by atoms with Gasteiger partial charge in [-0.05, 0) is 12.0 Å². The van der Waals surface area contributed by atoms with E-state index in [-0.39, 0.29) is 12.6 Å². The van der Waals surface area contributed by atoms with Crippen molar-refractivity contribution in [2.24, 2.45) is 0 Å². The number of benzene rings is 1. The number of aliphatic hydroxyl groups is 3. The van der Waals surface area contributed by atoms with Crippen LogP contribution in [0.1, 0.15) is 5.56 Å². The molecule has 0 aromatic heterocycles. The second-order valence-corrected chi connectivity index (χ2v) is 4.23. The maximum Gasteiger partial charge on any atom is 0.0989 e. The summed E-state index contributed by atoms with van der Waals surface area (Å²) in [6, 6.07) is 9.15. The van der Waals surface area contributed by atoms with E-state index >= 15 is 0 Å². The van der Waals surface area contributed by atoms with Crippen LogP contribution < -0.4 is 5.32 Å². The van der Waals surface area contributed by atoms with Crippen LogP contribution in [0.4, 0.5) is 0 Å². The van der Waals surface area contributed by atoms with Crippen molar-refractivity contribution < 1.29 is 15.3 Å². The van der Waals surface area contributed by atoms with Crippen molar-refractivity contribution in [2.75, 3.05) is 6.61 Å². The molecule has 1 aromatic carbocycles. The maximum absolute atomic E-state index is 9.80. The zero-order valence-electron chi connectivity index (χ0n) is 8.95. The van der Waals surface area contributed by atoms with Crippen LogP contribution in [0.25, 0.3) is 0 Å². The van der Waals surface area contributed by atoms with E-state index in [1.807, 2.05) is 30.3 Å². The third-order valence-corrected chi connectivity index (χ3v) is 3.10. The number of nitrogens with one attached hydrogen (secondary N) is 1. The molecule has 16 heavy (non-hydrogen) atoms. The number of hydrogen-bond donors (Lipinski definition) is 4. The molecule has 88 valence electrons. The Kier molecular flexibility index (Phi) is 3.56. The molecule has 4 atom stereocenters. The van der Waals surface area contributed by atoms with Crippen molar-refractivity contribution in [3.63, 3.8) is 0 Å². The van der Waals surface area contributed by atoms with Gasteiger partial charge in [-0.1, -0.05) is 30.3 Å². The Morgan fingerprint density at radius 3 is 2.19 bits per heavy atom. The van der Waals surface area contributed by atoms with E-state index in [9.17, 15) is 10.2 Å². The molecule has 1 saturated heterocycles. The Balaban J connectivity index is 2.01. The molecule has 1 heterocycles. The Morgan fingerprint density at radius 1 is 1.00 bits per heavy atom. The molecule has 1 aromatic rings. The first kappa shape index (κ1) is 11.5. The Morgan fingerprint density at radius 2 is 1.62 bits per heavy atom. The fourth-order valence-corrected chi connectivity index (χ4v) is 2.16. The molecule has 1 aliphatic rings. The molecule has 0 aliphatic carbocycles. The molecule has 1 fully saturated rings. The van der Waals surface area contributed by atoms with Crippen LogP contribution in [-0.4, -0.2) is 46.2 Å². The standard InChI is InChI=1S/C12H17NO3/c14-7-10-12(16)11(15)9(13-10)6-8-4-2-1-3-5-8/h1-5,9-16H,6-7H2. The van der Waals surface area contributed by atoms with E-state index in [0.29, 0.717) is 6.42 Å². The first-order valence-corrected chi connectivity index (χ1v) is 5.49. The van der Waals surface area contributed by atoms with Crippen molar-refractivity contribution in [3.8, 4) is 0 Å². The highest BCUT2D eigenvalue weighted by atomic mass is 16.3. The number of aliphatic hydroxyl groups excluding tert-OH is 3. The third-order valence-electron chi connectivity index (χ3n) is 3.10. The molecule has 0 saturated carbocycles. The molecule has 0 amide bonds. The van der Waals surface area contributed by atoms with Crippen molar-refractivity contribution in [1.29, 1.82) is 0 Å². The van der Waals surface area contributed by atoms with Crippen molar-refractivity contribution in [3.05, 3.63) is 35.9 Å². The second-order valence-electron chi connectivity index (χ2n) is 4.23. The first-order valence-electron chi connectivity index (χ1n) is 5.49. The molecular formula is C12H17NO3. The van der Waals surface area contributed by atoms with Gasteiger partial charge in [-0.2, -0.15) is 0 Å². The van der Waals surface area contributed by atoms with E-state index in [1.165, 1.54) is 0 Å². The molecule has 4 nitrogen and oxygen atoms in total. The summed E-state index contributed by atoms with van der Waals surface area (Å²) < 4.78 is 0. The highest BCUT2D eigenvalue weighted by Crippen LogP contribution is 2.17. The third kappa shape index (κ3) is 2.25. The zero-order valence-corrected chi connectivity index (χ0v) is 8.95. The van der Waals surface area contributed by atoms with Gasteiger partial charge in [0.05, 0.1) is 24.9 Å². The lowest BCUT2D eigenvalue weighted by molar-refractivity contribution is 0.0197. The van der Waals surface area contributed by atoms with Crippen LogP contribution in [-0.2, 0) is 6.42 Å². The SMILES string of the molecule is OCC1NC(Cc2ccccc2)C(O)C1O. The van der Waals surface area contributed by atoms with Crippen LogP contribution >= 0.6 is 0 Å². The minimum atomic E-state index is -0.890. The summed E-state index contributed by atoms with van der Waals surface area (Å²) in [4.78, 5) is 0. The fourth-order valence-electron chi connectivity index (χ4n) is 2.16. The minimum Gasteiger partial charge on any atom is -0.395 e. The van der Waals surface area contributed by atoms with Gasteiger partial charge in [0.1, 0.15) is 0 Å². The summed E-state index contributed by atoms with van der Waals surface area (Å²) in [6.45, 7) is -0.163. The van der Waals surface area contributed by atoms with Gasteiger partial charge >= 0.3 is 0 Å². The monoisotopic (exact) mass is 223 g/mol. The van der Waals surface area contributed by atoms with E-state index < -0.39 is 18.2 Å². The molecule has 0 radical (unpaired) electrons. The van der Waals surface area contributed by atoms with Crippen molar-refractivity contribution in [2.45, 2.75) is 30.7 Å². The molecular weight excluding hydrogens is 206 g/mol. The molecule has 4 N–H and O–H groups in total. The highest BCUT2D eigenvalue weighted by Gasteiger charge is 2.40. The van der Waals surface area contributed by atoms with Gasteiger partial charge in [0.15, 0.2) is 0 Å². The van der Waals surface area contributed by atoms with Gasteiger partial charge in [-0.3, -0.25) is 0 Å². The van der Waals surface area contributed by atoms with Gasteiger partial charge in [0, 0.05) is 6.04 Å². The van der Waals surface area contributed by atoms with Crippen LogP contribution in [0, 0.1) is 0 Å². The average Bonchev–Trinajstić information content (AvgIpc) is 2.58. The largest absolute Gasteiger partial charge is 0.395 e. The normalized spacial score (nSPS) is 34.2. The molecule has 4 heteroatoms. The van der Waals surface area contributed by atoms with Crippen LogP contribution in [0.3, 0.4) is 0 Å². The lowest BCUT2D eigenvalue weighted by Crippen LogP contribution is -2.36. The lowest BCUT2D eigenvalue weighted by atomic mass is 10.0. The van der Waals surface area contributed by atoms with Crippen molar-refractivity contribution in [1.82, 2.24) is 5.32 Å². The van der Waals surface area contributed by atoms with E-state index in [1.54, 1.807) is 0 Å². The average molecular weight is 223 g/mol. The summed E-state index contributed by atoms with van der Waals surface area (Å²) in [7, 11) is 0. The lowest BCUT2D eigenvalue weighted by Gasteiger charge is -2.15. The fraction of sp³-hybridized carbons (Fsp3) is 0.500. The second kappa shape index (κ2) is 4.93. The van der Waals surface area contributed by atoms with E-state index in [0.717, 1.165) is 5.56 Å². The summed E-state index contributed by atoms with van der Waals surface area (Å²) in [5, 5.41) is 31.5. The Hall–Kier alpha value is -0.940. The molecule has 4 unspecified atom stereocenters. The maximum atomic E-state index is 9.80. The summed E-state index contributed by atoms with van der Waals surface area (Å²) in [5.74, 6) is 0. The number of hydrogen-bond acceptors (Lipinski definition) is 4. The molecule has 0 spiro atoms. The minimum absolute atomic E-state index is 0.163.